The lowest BCUT2D eigenvalue weighted by molar-refractivity contribution is -0.128. The van der Waals surface area contributed by atoms with E-state index in [1.165, 1.54) is 6.92 Å². The molecular formula is C17H27ClN2O3. The second-order valence-corrected chi connectivity index (χ2v) is 5.91. The fourth-order valence-electron chi connectivity index (χ4n) is 2.15. The van der Waals surface area contributed by atoms with Crippen LogP contribution in [0.2, 0.25) is 0 Å². The van der Waals surface area contributed by atoms with Crippen molar-refractivity contribution in [1.29, 1.82) is 0 Å². The van der Waals surface area contributed by atoms with Crippen molar-refractivity contribution < 1.29 is 14.3 Å². The number of amides is 1. The summed E-state index contributed by atoms with van der Waals surface area (Å²) in [6, 6.07) is 6.76. The van der Waals surface area contributed by atoms with Crippen LogP contribution in [0.4, 0.5) is 0 Å². The van der Waals surface area contributed by atoms with Crippen LogP contribution in [-0.4, -0.2) is 30.4 Å². The molecular weight excluding hydrogens is 316 g/mol. The summed E-state index contributed by atoms with van der Waals surface area (Å²) in [4.78, 5) is 23.5. The second-order valence-electron chi connectivity index (χ2n) is 5.91. The van der Waals surface area contributed by atoms with Crippen molar-refractivity contribution in [3.8, 4) is 5.75 Å². The maximum Gasteiger partial charge on any atom is 0.261 e. The van der Waals surface area contributed by atoms with Crippen LogP contribution in [0.1, 0.15) is 44.5 Å². The van der Waals surface area contributed by atoms with Gasteiger partial charge in [-0.2, -0.15) is 0 Å². The molecule has 3 N–H and O–H groups in total. The highest BCUT2D eigenvalue weighted by Crippen LogP contribution is 2.15. The summed E-state index contributed by atoms with van der Waals surface area (Å²) in [5.74, 6) is 0.716. The molecule has 6 heteroatoms. The number of carbonyl (C=O) groups is 2. The third-order valence-corrected chi connectivity index (χ3v) is 3.31. The van der Waals surface area contributed by atoms with Gasteiger partial charge in [-0.25, -0.2) is 0 Å². The fourth-order valence-corrected chi connectivity index (χ4v) is 2.15. The van der Waals surface area contributed by atoms with E-state index in [1.807, 2.05) is 0 Å². The highest BCUT2D eigenvalue weighted by atomic mass is 35.5. The highest BCUT2D eigenvalue weighted by molar-refractivity contribution is 5.94. The van der Waals surface area contributed by atoms with Gasteiger partial charge in [0.05, 0.1) is 0 Å². The van der Waals surface area contributed by atoms with Crippen LogP contribution in [0.3, 0.4) is 0 Å². The smallest absolute Gasteiger partial charge is 0.261 e. The normalized spacial score (nSPS) is 13.0. The van der Waals surface area contributed by atoms with Gasteiger partial charge in [0, 0.05) is 18.2 Å². The van der Waals surface area contributed by atoms with Crippen molar-refractivity contribution in [2.45, 2.75) is 46.3 Å². The summed E-state index contributed by atoms with van der Waals surface area (Å²) in [6.45, 7) is 7.74. The van der Waals surface area contributed by atoms with Crippen molar-refractivity contribution in [3.05, 3.63) is 29.8 Å². The molecule has 1 aromatic rings. The predicted molar refractivity (Wildman–Crippen MR) is 94.2 cm³/mol. The number of carbonyl (C=O) groups excluding carboxylic acids is 2. The zero-order valence-corrected chi connectivity index (χ0v) is 15.0. The zero-order valence-electron chi connectivity index (χ0n) is 14.2. The van der Waals surface area contributed by atoms with Gasteiger partial charge >= 0.3 is 0 Å². The molecule has 0 aliphatic carbocycles. The van der Waals surface area contributed by atoms with E-state index in [0.29, 0.717) is 23.8 Å². The molecule has 23 heavy (non-hydrogen) atoms. The molecule has 0 saturated heterocycles. The molecule has 2 atom stereocenters. The summed E-state index contributed by atoms with van der Waals surface area (Å²) >= 11 is 0. The molecule has 0 aliphatic rings. The van der Waals surface area contributed by atoms with Crippen LogP contribution in [0, 0.1) is 5.92 Å². The van der Waals surface area contributed by atoms with E-state index in [0.717, 1.165) is 6.42 Å². The Hall–Kier alpha value is -1.59. The number of nitrogens with one attached hydrogen (secondary N) is 1. The van der Waals surface area contributed by atoms with E-state index >= 15 is 0 Å². The third-order valence-electron chi connectivity index (χ3n) is 3.31. The Labute approximate surface area is 144 Å². The molecule has 1 rings (SSSR count). The number of hydrogen-bond acceptors (Lipinski definition) is 4. The first-order valence-corrected chi connectivity index (χ1v) is 7.61. The molecule has 0 aromatic heterocycles. The highest BCUT2D eigenvalue weighted by Gasteiger charge is 2.19. The minimum atomic E-state index is -0.650. The monoisotopic (exact) mass is 342 g/mol. The van der Waals surface area contributed by atoms with Gasteiger partial charge in [-0.3, -0.25) is 9.59 Å². The van der Waals surface area contributed by atoms with Crippen LogP contribution in [0.5, 0.6) is 5.75 Å². The van der Waals surface area contributed by atoms with E-state index in [2.05, 4.69) is 19.2 Å². The van der Waals surface area contributed by atoms with Gasteiger partial charge in [-0.15, -0.1) is 12.4 Å². The summed E-state index contributed by atoms with van der Waals surface area (Å²) in [6.07, 6.45) is 0.179. The van der Waals surface area contributed by atoms with E-state index in [9.17, 15) is 9.59 Å². The fraction of sp³-hybridized carbons (Fsp3) is 0.529. The lowest BCUT2D eigenvalue weighted by Crippen LogP contribution is -2.46. The van der Waals surface area contributed by atoms with Crippen LogP contribution in [0.25, 0.3) is 0 Å². The summed E-state index contributed by atoms with van der Waals surface area (Å²) in [5, 5.41) is 2.90. The van der Waals surface area contributed by atoms with E-state index in [-0.39, 0.29) is 30.1 Å². The summed E-state index contributed by atoms with van der Waals surface area (Å²) in [5.41, 5.74) is 6.24. The van der Waals surface area contributed by atoms with Crippen LogP contribution >= 0.6 is 12.4 Å². The van der Waals surface area contributed by atoms with E-state index < -0.39 is 6.10 Å². The molecule has 0 saturated carbocycles. The lowest BCUT2D eigenvalue weighted by atomic mass is 10.0. The van der Waals surface area contributed by atoms with Gasteiger partial charge in [0.1, 0.15) is 5.75 Å². The maximum atomic E-state index is 12.2. The van der Waals surface area contributed by atoms with Crippen molar-refractivity contribution >= 4 is 24.1 Å². The van der Waals surface area contributed by atoms with Crippen molar-refractivity contribution in [1.82, 2.24) is 5.32 Å². The Kier molecular flexibility index (Phi) is 9.53. The Balaban J connectivity index is 0.00000484. The van der Waals surface area contributed by atoms with E-state index in [4.69, 9.17) is 10.5 Å². The number of halogens is 1. The molecule has 0 fully saturated rings. The van der Waals surface area contributed by atoms with Crippen molar-refractivity contribution in [2.75, 3.05) is 6.54 Å². The van der Waals surface area contributed by atoms with Gasteiger partial charge in [-0.1, -0.05) is 26.0 Å². The second kappa shape index (κ2) is 10.2. The average Bonchev–Trinajstić information content (AvgIpc) is 2.46. The number of Topliss-reactive ketones (excluding diaryl/α,β-unsaturated/α-hetero) is 1. The third kappa shape index (κ3) is 7.48. The Morgan fingerprint density at radius 1 is 1.26 bits per heavy atom. The zero-order chi connectivity index (χ0) is 16.7. The Morgan fingerprint density at radius 3 is 2.43 bits per heavy atom. The van der Waals surface area contributed by atoms with Crippen LogP contribution < -0.4 is 15.8 Å². The molecule has 1 aromatic carbocycles. The van der Waals surface area contributed by atoms with Gasteiger partial charge in [-0.05, 0) is 38.3 Å². The number of benzene rings is 1. The van der Waals surface area contributed by atoms with E-state index in [1.54, 1.807) is 31.2 Å². The molecule has 130 valence electrons. The molecule has 0 spiro atoms. The van der Waals surface area contributed by atoms with Crippen molar-refractivity contribution in [2.24, 2.45) is 11.7 Å². The van der Waals surface area contributed by atoms with Gasteiger partial charge in [0.2, 0.25) is 0 Å². The standard InChI is InChI=1S/C17H26N2O3.ClH/c1-11(2)8-15(10-18)19-17(21)13(4)22-16-7-5-6-14(9-16)12(3)20;/h5-7,9,11,13,15H,8,10,18H2,1-4H3,(H,19,21);1H. The number of ether oxygens (including phenoxy) is 1. The minimum absolute atomic E-state index is 0. The first-order valence-electron chi connectivity index (χ1n) is 7.61. The topological polar surface area (TPSA) is 81.4 Å². The maximum absolute atomic E-state index is 12.2. The molecule has 0 bridgehead atoms. The molecule has 5 nitrogen and oxygen atoms in total. The quantitative estimate of drug-likeness (QED) is 0.711. The summed E-state index contributed by atoms with van der Waals surface area (Å²) < 4.78 is 5.61. The Bertz CT molecular complexity index is 520. The molecule has 2 unspecified atom stereocenters. The van der Waals surface area contributed by atoms with Gasteiger partial charge < -0.3 is 15.8 Å². The van der Waals surface area contributed by atoms with Crippen LogP contribution in [0.15, 0.2) is 24.3 Å². The van der Waals surface area contributed by atoms with Crippen molar-refractivity contribution in [3.63, 3.8) is 0 Å². The average molecular weight is 343 g/mol. The van der Waals surface area contributed by atoms with Crippen LogP contribution in [-0.2, 0) is 4.79 Å². The number of nitrogens with two attached hydrogens (primary N) is 1. The lowest BCUT2D eigenvalue weighted by Gasteiger charge is -2.22. The predicted octanol–water partition coefficient (Wildman–Crippen LogP) is 2.57. The SMILES string of the molecule is CC(=O)c1cccc(OC(C)C(=O)NC(CN)CC(C)C)c1.Cl. The molecule has 0 aliphatic heterocycles. The van der Waals surface area contributed by atoms with Gasteiger partial charge in [0.15, 0.2) is 11.9 Å². The molecule has 0 heterocycles. The first-order chi connectivity index (χ1) is 10.3. The number of rotatable bonds is 8. The molecule has 1 amide bonds. The largest absolute Gasteiger partial charge is 0.481 e. The number of hydrogen-bond donors (Lipinski definition) is 2. The molecule has 0 radical (unpaired) electrons. The Morgan fingerprint density at radius 2 is 1.91 bits per heavy atom. The summed E-state index contributed by atoms with van der Waals surface area (Å²) in [7, 11) is 0. The number of ketones is 1. The van der Waals surface area contributed by atoms with Gasteiger partial charge in [0.25, 0.3) is 5.91 Å². The minimum Gasteiger partial charge on any atom is -0.481 e. The first kappa shape index (κ1) is 21.4.